The zero-order valence-corrected chi connectivity index (χ0v) is 9.56. The molecule has 0 aromatic carbocycles. The molecule has 0 spiro atoms. The number of likely N-dealkylation sites (tertiary alicyclic amines) is 1. The monoisotopic (exact) mass is 218 g/mol. The molecule has 0 aliphatic carbocycles. The van der Waals surface area contributed by atoms with Crippen molar-refractivity contribution >= 4 is 0 Å². The van der Waals surface area contributed by atoms with E-state index in [9.17, 15) is 5.11 Å². The number of ether oxygens (including phenoxy) is 2. The summed E-state index contributed by atoms with van der Waals surface area (Å²) in [4.78, 5) is 2.18. The van der Waals surface area contributed by atoms with Crippen molar-refractivity contribution < 1.29 is 14.6 Å². The van der Waals surface area contributed by atoms with E-state index in [2.05, 4.69) is 4.90 Å². The molecule has 0 bridgehead atoms. The first kappa shape index (κ1) is 12.9. The molecule has 1 aliphatic heterocycles. The van der Waals surface area contributed by atoms with E-state index >= 15 is 0 Å². The van der Waals surface area contributed by atoms with Crippen LogP contribution < -0.4 is 5.73 Å². The van der Waals surface area contributed by atoms with E-state index in [1.54, 1.807) is 14.2 Å². The van der Waals surface area contributed by atoms with Crippen molar-refractivity contribution in [1.82, 2.24) is 4.90 Å². The standard InChI is InChI=1S/C10H22N2O3/c1-14-7-9(11)10(6-13)12-4-3-8(5-12)15-2/h8-10,13H,3-7,11H2,1-2H3. The summed E-state index contributed by atoms with van der Waals surface area (Å²) in [7, 11) is 3.34. The lowest BCUT2D eigenvalue weighted by Crippen LogP contribution is -2.51. The first-order valence-electron chi connectivity index (χ1n) is 5.35. The smallest absolute Gasteiger partial charge is 0.0710 e. The molecule has 5 nitrogen and oxygen atoms in total. The minimum absolute atomic E-state index is 0.0231. The molecule has 15 heavy (non-hydrogen) atoms. The molecule has 0 saturated carbocycles. The molecule has 0 aromatic heterocycles. The van der Waals surface area contributed by atoms with Gasteiger partial charge in [-0.05, 0) is 6.42 Å². The van der Waals surface area contributed by atoms with Crippen LogP contribution in [-0.2, 0) is 9.47 Å². The molecule has 3 N–H and O–H groups in total. The minimum atomic E-state index is -0.143. The van der Waals surface area contributed by atoms with Crippen molar-refractivity contribution in [3.63, 3.8) is 0 Å². The van der Waals surface area contributed by atoms with Crippen LogP contribution in [0.2, 0.25) is 0 Å². The highest BCUT2D eigenvalue weighted by atomic mass is 16.5. The van der Waals surface area contributed by atoms with E-state index in [0.717, 1.165) is 19.5 Å². The molecule has 1 aliphatic rings. The molecule has 3 unspecified atom stereocenters. The zero-order valence-electron chi connectivity index (χ0n) is 9.56. The van der Waals surface area contributed by atoms with Gasteiger partial charge in [0.2, 0.25) is 0 Å². The first-order chi connectivity index (χ1) is 7.22. The van der Waals surface area contributed by atoms with Crippen LogP contribution in [0.15, 0.2) is 0 Å². The van der Waals surface area contributed by atoms with Crippen LogP contribution in [0.5, 0.6) is 0 Å². The Hall–Kier alpha value is -0.200. The summed E-state index contributed by atoms with van der Waals surface area (Å²) in [6.45, 7) is 2.32. The fraction of sp³-hybridized carbons (Fsp3) is 1.00. The summed E-state index contributed by atoms with van der Waals surface area (Å²) < 4.78 is 10.3. The van der Waals surface area contributed by atoms with Gasteiger partial charge in [0.25, 0.3) is 0 Å². The Morgan fingerprint density at radius 1 is 1.53 bits per heavy atom. The number of hydrogen-bond donors (Lipinski definition) is 2. The van der Waals surface area contributed by atoms with Gasteiger partial charge in [0.1, 0.15) is 0 Å². The fourth-order valence-electron chi connectivity index (χ4n) is 2.07. The maximum atomic E-state index is 9.32. The van der Waals surface area contributed by atoms with E-state index in [0.29, 0.717) is 6.61 Å². The van der Waals surface area contributed by atoms with Crippen molar-refractivity contribution in [1.29, 1.82) is 0 Å². The van der Waals surface area contributed by atoms with E-state index in [4.69, 9.17) is 15.2 Å². The number of hydrogen-bond acceptors (Lipinski definition) is 5. The van der Waals surface area contributed by atoms with Crippen molar-refractivity contribution in [2.75, 3.05) is 40.5 Å². The van der Waals surface area contributed by atoms with Crippen molar-refractivity contribution in [2.24, 2.45) is 5.73 Å². The number of rotatable bonds is 6. The lowest BCUT2D eigenvalue weighted by Gasteiger charge is -2.30. The Balaban J connectivity index is 2.44. The molecule has 0 aromatic rings. The van der Waals surface area contributed by atoms with Gasteiger partial charge < -0.3 is 20.3 Å². The summed E-state index contributed by atoms with van der Waals surface area (Å²) in [5.74, 6) is 0. The third-order valence-electron chi connectivity index (χ3n) is 3.02. The van der Waals surface area contributed by atoms with E-state index in [1.165, 1.54) is 0 Å². The molecule has 1 fully saturated rings. The second-order valence-electron chi connectivity index (χ2n) is 4.01. The molecule has 90 valence electrons. The molecular formula is C10H22N2O3. The predicted octanol–water partition coefficient (Wildman–Crippen LogP) is -0.958. The quantitative estimate of drug-likeness (QED) is 0.601. The Bertz CT molecular complexity index is 180. The largest absolute Gasteiger partial charge is 0.395 e. The number of nitrogens with two attached hydrogens (primary N) is 1. The van der Waals surface area contributed by atoms with Gasteiger partial charge in [0.05, 0.1) is 25.4 Å². The van der Waals surface area contributed by atoms with Gasteiger partial charge >= 0.3 is 0 Å². The number of methoxy groups -OCH3 is 2. The van der Waals surface area contributed by atoms with Crippen molar-refractivity contribution in [3.8, 4) is 0 Å². The Kier molecular flexibility index (Phi) is 5.49. The predicted molar refractivity (Wildman–Crippen MR) is 57.7 cm³/mol. The number of aliphatic hydroxyl groups is 1. The third kappa shape index (κ3) is 3.39. The maximum Gasteiger partial charge on any atom is 0.0710 e. The zero-order chi connectivity index (χ0) is 11.3. The van der Waals surface area contributed by atoms with Gasteiger partial charge in [-0.1, -0.05) is 0 Å². The highest BCUT2D eigenvalue weighted by Gasteiger charge is 2.31. The SMILES string of the molecule is COCC(N)C(CO)N1CCC(OC)C1. The Morgan fingerprint density at radius 2 is 2.27 bits per heavy atom. The second-order valence-corrected chi connectivity index (χ2v) is 4.01. The molecule has 3 atom stereocenters. The summed E-state index contributed by atoms with van der Waals surface area (Å²) in [6, 6.07) is -0.166. The fourth-order valence-corrected chi connectivity index (χ4v) is 2.07. The van der Waals surface area contributed by atoms with Crippen LogP contribution in [0.25, 0.3) is 0 Å². The highest BCUT2D eigenvalue weighted by Crippen LogP contribution is 2.16. The molecular weight excluding hydrogens is 196 g/mol. The summed E-state index contributed by atoms with van der Waals surface area (Å²) in [5.41, 5.74) is 5.94. The number of aliphatic hydroxyl groups excluding tert-OH is 1. The van der Waals surface area contributed by atoms with Gasteiger partial charge in [-0.2, -0.15) is 0 Å². The lowest BCUT2D eigenvalue weighted by atomic mass is 10.1. The van der Waals surface area contributed by atoms with E-state index < -0.39 is 0 Å². The molecule has 1 heterocycles. The van der Waals surface area contributed by atoms with Gasteiger partial charge in [0.15, 0.2) is 0 Å². The normalized spacial score (nSPS) is 26.8. The highest BCUT2D eigenvalue weighted by molar-refractivity contribution is 4.87. The van der Waals surface area contributed by atoms with Crippen LogP contribution in [0, 0.1) is 0 Å². The van der Waals surface area contributed by atoms with Crippen LogP contribution in [0.1, 0.15) is 6.42 Å². The minimum Gasteiger partial charge on any atom is -0.395 e. The van der Waals surface area contributed by atoms with Crippen LogP contribution in [0.3, 0.4) is 0 Å². The molecule has 0 amide bonds. The second kappa shape index (κ2) is 6.40. The van der Waals surface area contributed by atoms with Gasteiger partial charge in [-0.3, -0.25) is 4.90 Å². The Labute approximate surface area is 91.1 Å². The maximum absolute atomic E-state index is 9.32. The average molecular weight is 218 g/mol. The molecule has 5 heteroatoms. The molecule has 0 radical (unpaired) electrons. The van der Waals surface area contributed by atoms with Gasteiger partial charge in [-0.15, -0.1) is 0 Å². The van der Waals surface area contributed by atoms with Crippen molar-refractivity contribution in [3.05, 3.63) is 0 Å². The first-order valence-corrected chi connectivity index (χ1v) is 5.35. The number of nitrogens with zero attached hydrogens (tertiary/aromatic N) is 1. The topological polar surface area (TPSA) is 68.0 Å². The third-order valence-corrected chi connectivity index (χ3v) is 3.02. The lowest BCUT2D eigenvalue weighted by molar-refractivity contribution is 0.0635. The van der Waals surface area contributed by atoms with Gasteiger partial charge in [-0.25, -0.2) is 0 Å². The molecule has 1 saturated heterocycles. The van der Waals surface area contributed by atoms with Crippen molar-refractivity contribution in [2.45, 2.75) is 24.6 Å². The van der Waals surface area contributed by atoms with Crippen LogP contribution in [0.4, 0.5) is 0 Å². The van der Waals surface area contributed by atoms with E-state index in [-0.39, 0.29) is 24.8 Å². The molecule has 1 rings (SSSR count). The Morgan fingerprint density at radius 3 is 2.73 bits per heavy atom. The van der Waals surface area contributed by atoms with Gasteiger partial charge in [0, 0.05) is 33.4 Å². The summed E-state index contributed by atoms with van der Waals surface area (Å²) in [6.07, 6.45) is 1.28. The summed E-state index contributed by atoms with van der Waals surface area (Å²) >= 11 is 0. The van der Waals surface area contributed by atoms with Crippen LogP contribution >= 0.6 is 0 Å². The van der Waals surface area contributed by atoms with Crippen LogP contribution in [-0.4, -0.2) is 68.7 Å². The van der Waals surface area contributed by atoms with E-state index in [1.807, 2.05) is 0 Å². The summed E-state index contributed by atoms with van der Waals surface area (Å²) in [5, 5.41) is 9.32. The average Bonchev–Trinajstić information content (AvgIpc) is 2.68.